The zero-order chi connectivity index (χ0) is 13.7. The molecule has 5 heteroatoms. The molecule has 1 aromatic carbocycles. The Morgan fingerprint density at radius 3 is 2.89 bits per heavy atom. The van der Waals surface area contributed by atoms with E-state index in [0.29, 0.717) is 5.75 Å². The Kier molecular flexibility index (Phi) is 4.58. The van der Waals surface area contributed by atoms with Gasteiger partial charge in [-0.15, -0.1) is 0 Å². The third-order valence-electron chi connectivity index (χ3n) is 2.44. The van der Waals surface area contributed by atoms with Gasteiger partial charge in [0.15, 0.2) is 0 Å². The van der Waals surface area contributed by atoms with Crippen LogP contribution in [-0.2, 0) is 6.61 Å². The summed E-state index contributed by atoms with van der Waals surface area (Å²) in [6, 6.07) is 9.99. The molecule has 1 aromatic heterocycles. The molecule has 0 saturated carbocycles. The number of benzene rings is 1. The van der Waals surface area contributed by atoms with Gasteiger partial charge in [0.05, 0.1) is 10.7 Å². The molecule has 0 aliphatic carbocycles. The number of nitrogens with zero attached hydrogens (tertiary/aromatic N) is 1. The van der Waals surface area contributed by atoms with Gasteiger partial charge in [-0.3, -0.25) is 0 Å². The number of ether oxygens (including phenoxy) is 1. The maximum atomic E-state index is 13.2. The average molecular weight is 281 g/mol. The van der Waals surface area contributed by atoms with E-state index in [9.17, 15) is 4.39 Å². The van der Waals surface area contributed by atoms with E-state index < -0.39 is 5.82 Å². The van der Waals surface area contributed by atoms with Gasteiger partial charge >= 0.3 is 0 Å². The van der Waals surface area contributed by atoms with Crippen molar-refractivity contribution < 1.29 is 9.13 Å². The third kappa shape index (κ3) is 3.83. The van der Waals surface area contributed by atoms with Crippen LogP contribution >= 0.6 is 11.6 Å². The summed E-state index contributed by atoms with van der Waals surface area (Å²) in [5.74, 6) is 0.733. The zero-order valence-electron chi connectivity index (χ0n) is 10.5. The summed E-state index contributed by atoms with van der Waals surface area (Å²) < 4.78 is 18.7. The van der Waals surface area contributed by atoms with Crippen molar-refractivity contribution in [2.45, 2.75) is 13.5 Å². The van der Waals surface area contributed by atoms with Crippen molar-refractivity contribution in [2.24, 2.45) is 0 Å². The molecular weight excluding hydrogens is 267 g/mol. The van der Waals surface area contributed by atoms with E-state index in [1.54, 1.807) is 6.07 Å². The fourth-order valence-corrected chi connectivity index (χ4v) is 1.68. The van der Waals surface area contributed by atoms with Crippen LogP contribution in [0.3, 0.4) is 0 Å². The van der Waals surface area contributed by atoms with Gasteiger partial charge in [-0.05, 0) is 31.2 Å². The van der Waals surface area contributed by atoms with Crippen LogP contribution in [0, 0.1) is 5.82 Å². The van der Waals surface area contributed by atoms with Gasteiger partial charge in [0.2, 0.25) is 0 Å². The molecule has 0 atom stereocenters. The predicted molar refractivity (Wildman–Crippen MR) is 74.1 cm³/mol. The van der Waals surface area contributed by atoms with E-state index in [4.69, 9.17) is 16.3 Å². The predicted octanol–water partition coefficient (Wildman–Crippen LogP) is 3.88. The highest BCUT2D eigenvalue weighted by molar-refractivity contribution is 6.30. The maximum absolute atomic E-state index is 13.2. The lowest BCUT2D eigenvalue weighted by molar-refractivity contribution is 0.300. The van der Waals surface area contributed by atoms with E-state index in [2.05, 4.69) is 10.3 Å². The second-order valence-corrected chi connectivity index (χ2v) is 4.32. The second kappa shape index (κ2) is 6.38. The standard InChI is InChI=1S/C14H14ClFN2O/c1-2-17-14-5-3-4-10(18-14)9-19-11-6-7-12(15)13(16)8-11/h3-8H,2,9H2,1H3,(H,17,18). The summed E-state index contributed by atoms with van der Waals surface area (Å²) in [5, 5.41) is 3.20. The highest BCUT2D eigenvalue weighted by atomic mass is 35.5. The fraction of sp³-hybridized carbons (Fsp3) is 0.214. The molecule has 2 rings (SSSR count). The van der Waals surface area contributed by atoms with Crippen LogP contribution in [0.2, 0.25) is 5.02 Å². The number of hydrogen-bond acceptors (Lipinski definition) is 3. The van der Waals surface area contributed by atoms with Gasteiger partial charge in [-0.25, -0.2) is 9.37 Å². The molecule has 1 heterocycles. The Morgan fingerprint density at radius 1 is 1.32 bits per heavy atom. The van der Waals surface area contributed by atoms with Gasteiger partial charge < -0.3 is 10.1 Å². The quantitative estimate of drug-likeness (QED) is 0.902. The van der Waals surface area contributed by atoms with E-state index >= 15 is 0 Å². The molecule has 0 amide bonds. The number of nitrogens with one attached hydrogen (secondary N) is 1. The van der Waals surface area contributed by atoms with E-state index in [0.717, 1.165) is 18.1 Å². The SMILES string of the molecule is CCNc1cccc(COc2ccc(Cl)c(F)c2)n1. The van der Waals surface area contributed by atoms with Crippen molar-refractivity contribution >= 4 is 17.4 Å². The minimum Gasteiger partial charge on any atom is -0.487 e. The molecule has 0 aliphatic rings. The Balaban J connectivity index is 2.01. The highest BCUT2D eigenvalue weighted by Crippen LogP contribution is 2.21. The maximum Gasteiger partial charge on any atom is 0.145 e. The zero-order valence-corrected chi connectivity index (χ0v) is 11.2. The van der Waals surface area contributed by atoms with Crippen molar-refractivity contribution in [1.29, 1.82) is 0 Å². The first-order valence-electron chi connectivity index (χ1n) is 5.96. The van der Waals surface area contributed by atoms with Crippen molar-refractivity contribution in [3.63, 3.8) is 0 Å². The van der Waals surface area contributed by atoms with E-state index in [1.807, 2.05) is 25.1 Å². The first-order chi connectivity index (χ1) is 9.19. The van der Waals surface area contributed by atoms with Crippen LogP contribution < -0.4 is 10.1 Å². The number of anilines is 1. The molecule has 1 N–H and O–H groups in total. The van der Waals surface area contributed by atoms with Gasteiger partial charge in [-0.1, -0.05) is 17.7 Å². The van der Waals surface area contributed by atoms with Crippen molar-refractivity contribution in [3.05, 3.63) is 52.9 Å². The fourth-order valence-electron chi connectivity index (χ4n) is 1.56. The van der Waals surface area contributed by atoms with Crippen LogP contribution in [0.25, 0.3) is 0 Å². The molecule has 0 unspecified atom stereocenters. The molecule has 100 valence electrons. The normalized spacial score (nSPS) is 10.3. The molecule has 0 bridgehead atoms. The third-order valence-corrected chi connectivity index (χ3v) is 2.75. The van der Waals surface area contributed by atoms with Crippen LogP contribution in [0.15, 0.2) is 36.4 Å². The Hall–Kier alpha value is -1.81. The monoisotopic (exact) mass is 280 g/mol. The summed E-state index contributed by atoms with van der Waals surface area (Å²) in [4.78, 5) is 4.36. The molecule has 3 nitrogen and oxygen atoms in total. The number of hydrogen-bond donors (Lipinski definition) is 1. The van der Waals surface area contributed by atoms with Crippen molar-refractivity contribution in [1.82, 2.24) is 4.98 Å². The van der Waals surface area contributed by atoms with Gasteiger partial charge in [0.1, 0.15) is 24.0 Å². The van der Waals surface area contributed by atoms with E-state index in [1.165, 1.54) is 12.1 Å². The summed E-state index contributed by atoms with van der Waals surface area (Å²) in [5.41, 5.74) is 0.772. The molecule has 0 fully saturated rings. The lowest BCUT2D eigenvalue weighted by atomic mass is 10.3. The van der Waals surface area contributed by atoms with Crippen LogP contribution in [-0.4, -0.2) is 11.5 Å². The molecule has 0 aliphatic heterocycles. The first-order valence-corrected chi connectivity index (χ1v) is 6.34. The summed E-state index contributed by atoms with van der Waals surface area (Å²) in [6.07, 6.45) is 0. The second-order valence-electron chi connectivity index (χ2n) is 3.91. The van der Waals surface area contributed by atoms with E-state index in [-0.39, 0.29) is 11.6 Å². The van der Waals surface area contributed by atoms with Gasteiger partial charge in [-0.2, -0.15) is 0 Å². The average Bonchev–Trinajstić information content (AvgIpc) is 2.41. The summed E-state index contributed by atoms with van der Waals surface area (Å²) >= 11 is 5.60. The molecule has 0 saturated heterocycles. The lowest BCUT2D eigenvalue weighted by Crippen LogP contribution is -2.03. The van der Waals surface area contributed by atoms with Crippen LogP contribution in [0.5, 0.6) is 5.75 Å². The molecule has 2 aromatic rings. The number of halogens is 2. The summed E-state index contributed by atoms with van der Waals surface area (Å²) in [6.45, 7) is 3.08. The van der Waals surface area contributed by atoms with Crippen LogP contribution in [0.1, 0.15) is 12.6 Å². The largest absolute Gasteiger partial charge is 0.487 e. The smallest absolute Gasteiger partial charge is 0.145 e. The first kappa shape index (κ1) is 13.6. The van der Waals surface area contributed by atoms with Crippen molar-refractivity contribution in [2.75, 3.05) is 11.9 Å². The number of aromatic nitrogens is 1. The molecule has 0 radical (unpaired) electrons. The molecule has 19 heavy (non-hydrogen) atoms. The lowest BCUT2D eigenvalue weighted by Gasteiger charge is -2.08. The molecular formula is C14H14ClFN2O. The Morgan fingerprint density at radius 2 is 2.16 bits per heavy atom. The minimum absolute atomic E-state index is 0.0830. The minimum atomic E-state index is -0.492. The Bertz CT molecular complexity index is 563. The molecule has 0 spiro atoms. The van der Waals surface area contributed by atoms with Gasteiger partial charge in [0, 0.05) is 12.6 Å². The van der Waals surface area contributed by atoms with Crippen molar-refractivity contribution in [3.8, 4) is 5.75 Å². The topological polar surface area (TPSA) is 34.1 Å². The van der Waals surface area contributed by atoms with Crippen LogP contribution in [0.4, 0.5) is 10.2 Å². The van der Waals surface area contributed by atoms with Gasteiger partial charge in [0.25, 0.3) is 0 Å². The Labute approximate surface area is 116 Å². The summed E-state index contributed by atoms with van der Waals surface area (Å²) in [7, 11) is 0. The highest BCUT2D eigenvalue weighted by Gasteiger charge is 2.03. The number of rotatable bonds is 5. The number of pyridine rings is 1.